The fourth-order valence-corrected chi connectivity index (χ4v) is 4.76. The molecule has 0 bridgehead atoms. The van der Waals surface area contributed by atoms with Crippen molar-refractivity contribution >= 4 is 11.6 Å². The van der Waals surface area contributed by atoms with Gasteiger partial charge in [0.15, 0.2) is 11.8 Å². The molecule has 2 aliphatic rings. The number of alkyl halides is 3. The molecule has 2 aliphatic heterocycles. The molecule has 3 aromatic rings. The first-order chi connectivity index (χ1) is 17.8. The second-order valence-electron chi connectivity index (χ2n) is 9.43. The minimum Gasteiger partial charge on any atom is -0.457 e. The van der Waals surface area contributed by atoms with Crippen molar-refractivity contribution in [1.29, 1.82) is 0 Å². The number of carbonyl (C=O) groups is 1. The van der Waals surface area contributed by atoms with Crippen LogP contribution in [-0.2, 0) is 22.4 Å². The van der Waals surface area contributed by atoms with Crippen LogP contribution in [0.25, 0.3) is 0 Å². The molecule has 1 fully saturated rings. The molecule has 1 aromatic heterocycles. The zero-order chi connectivity index (χ0) is 26.0. The smallest absolute Gasteiger partial charge is 0.435 e. The van der Waals surface area contributed by atoms with Crippen LogP contribution in [0.5, 0.6) is 11.5 Å². The maximum Gasteiger partial charge on any atom is 0.435 e. The average Bonchev–Trinajstić information content (AvgIpc) is 3.61. The Balaban J connectivity index is 1.15. The molecule has 2 atom stereocenters. The van der Waals surface area contributed by atoms with Crippen molar-refractivity contribution in [2.75, 3.05) is 13.1 Å². The molecule has 0 spiro atoms. The van der Waals surface area contributed by atoms with Crippen molar-refractivity contribution in [2.45, 2.75) is 45.0 Å². The summed E-state index contributed by atoms with van der Waals surface area (Å²) in [7, 11) is 0. The highest BCUT2D eigenvalue weighted by molar-refractivity contribution is 5.86. The van der Waals surface area contributed by atoms with Crippen molar-refractivity contribution in [1.82, 2.24) is 14.7 Å². The number of oxime groups is 1. The van der Waals surface area contributed by atoms with E-state index in [1.165, 1.54) is 6.92 Å². The van der Waals surface area contributed by atoms with Gasteiger partial charge in [0.25, 0.3) is 0 Å². The van der Waals surface area contributed by atoms with Crippen LogP contribution in [0, 0.1) is 12.8 Å². The van der Waals surface area contributed by atoms with Gasteiger partial charge in [0, 0.05) is 30.8 Å². The molecule has 0 radical (unpaired) electrons. The van der Waals surface area contributed by atoms with E-state index in [2.05, 4.69) is 10.3 Å². The lowest BCUT2D eigenvalue weighted by Gasteiger charge is -2.17. The number of likely N-dealkylation sites (tertiary alicyclic amines) is 1. The van der Waals surface area contributed by atoms with Crippen LogP contribution in [0.1, 0.15) is 42.3 Å². The van der Waals surface area contributed by atoms with Crippen LogP contribution in [0.15, 0.2) is 65.8 Å². The van der Waals surface area contributed by atoms with E-state index in [1.807, 2.05) is 54.6 Å². The summed E-state index contributed by atoms with van der Waals surface area (Å²) in [6, 6.07) is 18.2. The van der Waals surface area contributed by atoms with Gasteiger partial charge in [0.1, 0.15) is 18.0 Å². The Bertz CT molecular complexity index is 1290. The summed E-state index contributed by atoms with van der Waals surface area (Å²) >= 11 is 0. The van der Waals surface area contributed by atoms with Crippen LogP contribution in [0.3, 0.4) is 0 Å². The van der Waals surface area contributed by atoms with Crippen molar-refractivity contribution in [3.63, 3.8) is 0 Å². The normalized spacial score (nSPS) is 19.6. The van der Waals surface area contributed by atoms with E-state index in [0.717, 1.165) is 39.9 Å². The largest absolute Gasteiger partial charge is 0.457 e. The maximum absolute atomic E-state index is 12.9. The third kappa shape index (κ3) is 5.79. The fraction of sp³-hybridized carbons (Fsp3) is 0.370. The number of halogens is 3. The number of rotatable bonds is 7. The van der Waals surface area contributed by atoms with Gasteiger partial charge in [-0.25, -0.2) is 0 Å². The lowest BCUT2D eigenvalue weighted by Crippen LogP contribution is -2.32. The lowest BCUT2D eigenvalue weighted by atomic mass is 9.96. The quantitative estimate of drug-likeness (QED) is 0.404. The number of aryl methyl sites for hydroxylation is 1. The Kier molecular flexibility index (Phi) is 6.90. The van der Waals surface area contributed by atoms with E-state index in [4.69, 9.17) is 9.57 Å². The number of aromatic nitrogens is 2. The highest BCUT2D eigenvalue weighted by Crippen LogP contribution is 2.37. The third-order valence-corrected chi connectivity index (χ3v) is 6.69. The van der Waals surface area contributed by atoms with Gasteiger partial charge in [0.2, 0.25) is 5.91 Å². The van der Waals surface area contributed by atoms with Crippen LogP contribution < -0.4 is 4.74 Å². The zero-order valence-corrected chi connectivity index (χ0v) is 20.3. The predicted molar refractivity (Wildman–Crippen MR) is 130 cm³/mol. The van der Waals surface area contributed by atoms with Crippen molar-refractivity contribution in [3.05, 3.63) is 77.6 Å². The molecule has 194 valence electrons. The number of benzene rings is 2. The lowest BCUT2D eigenvalue weighted by molar-refractivity contribution is -0.142. The first-order valence-electron chi connectivity index (χ1n) is 12.2. The summed E-state index contributed by atoms with van der Waals surface area (Å²) < 4.78 is 45.9. The number of para-hydroxylation sites is 2. The Morgan fingerprint density at radius 1 is 1.14 bits per heavy atom. The van der Waals surface area contributed by atoms with Gasteiger partial charge in [-0.2, -0.15) is 18.3 Å². The average molecular weight is 513 g/mol. The minimum atomic E-state index is -4.53. The highest BCUT2D eigenvalue weighted by atomic mass is 19.4. The Morgan fingerprint density at radius 2 is 1.89 bits per heavy atom. The minimum absolute atomic E-state index is 0.209. The molecule has 37 heavy (non-hydrogen) atoms. The standard InChI is InChI=1S/C27H27F3N4O3/c1-18-13-25(27(28,29)30)31-34(18)17-26(35)33-12-11-19(16-33)14-20-15-24(37-32-20)22-9-5-6-10-23(22)36-21-7-3-2-4-8-21/h2-10,13,19,24H,11-12,14-17H2,1H3. The van der Waals surface area contributed by atoms with Gasteiger partial charge >= 0.3 is 6.18 Å². The number of ether oxygens (including phenoxy) is 1. The monoisotopic (exact) mass is 512 g/mol. The van der Waals surface area contributed by atoms with Crippen LogP contribution in [0.2, 0.25) is 0 Å². The van der Waals surface area contributed by atoms with Gasteiger partial charge in [-0.05, 0) is 49.9 Å². The van der Waals surface area contributed by atoms with Crippen LogP contribution >= 0.6 is 0 Å². The Morgan fingerprint density at radius 3 is 2.65 bits per heavy atom. The van der Waals surface area contributed by atoms with Gasteiger partial charge in [0.05, 0.1) is 5.71 Å². The first-order valence-corrected chi connectivity index (χ1v) is 12.2. The van der Waals surface area contributed by atoms with Crippen molar-refractivity contribution in [2.24, 2.45) is 11.1 Å². The second kappa shape index (κ2) is 10.3. The molecule has 1 amide bonds. The molecule has 2 unspecified atom stereocenters. The van der Waals surface area contributed by atoms with Gasteiger partial charge < -0.3 is 14.5 Å². The summed E-state index contributed by atoms with van der Waals surface area (Å²) in [5, 5.41) is 7.88. The Labute approximate surface area is 212 Å². The number of nitrogens with zero attached hydrogens (tertiary/aromatic N) is 4. The summed E-state index contributed by atoms with van der Waals surface area (Å²) in [6.07, 6.45) is -2.66. The second-order valence-corrected chi connectivity index (χ2v) is 9.43. The maximum atomic E-state index is 12.9. The third-order valence-electron chi connectivity index (χ3n) is 6.69. The SMILES string of the molecule is Cc1cc(C(F)(F)F)nn1CC(=O)N1CCC(CC2=NOC(c3ccccc3Oc3ccccc3)C2)C1. The molecule has 0 N–H and O–H groups in total. The van der Waals surface area contributed by atoms with Crippen LogP contribution in [-0.4, -0.2) is 39.4 Å². The first kappa shape index (κ1) is 24.9. The van der Waals surface area contributed by atoms with Crippen LogP contribution in [0.4, 0.5) is 13.2 Å². The van der Waals surface area contributed by atoms with E-state index in [-0.39, 0.29) is 24.5 Å². The zero-order valence-electron chi connectivity index (χ0n) is 20.3. The van der Waals surface area contributed by atoms with Gasteiger partial charge in [-0.15, -0.1) is 0 Å². The van der Waals surface area contributed by atoms with E-state index in [0.29, 0.717) is 31.6 Å². The molecular weight excluding hydrogens is 485 g/mol. The topological polar surface area (TPSA) is 69.0 Å². The predicted octanol–water partition coefficient (Wildman–Crippen LogP) is 5.76. The number of carbonyl (C=O) groups excluding carboxylic acids is 1. The number of amides is 1. The molecular formula is C27H27F3N4O3. The summed E-state index contributed by atoms with van der Waals surface area (Å²) in [4.78, 5) is 20.2. The molecule has 7 nitrogen and oxygen atoms in total. The molecule has 0 saturated carbocycles. The fourth-order valence-electron chi connectivity index (χ4n) is 4.76. The summed E-state index contributed by atoms with van der Waals surface area (Å²) in [5.74, 6) is 1.43. The highest BCUT2D eigenvalue weighted by Gasteiger charge is 2.35. The molecule has 10 heteroatoms. The molecule has 5 rings (SSSR count). The molecule has 2 aromatic carbocycles. The van der Waals surface area contributed by atoms with E-state index < -0.39 is 11.9 Å². The van der Waals surface area contributed by atoms with Gasteiger partial charge in [-0.3, -0.25) is 9.48 Å². The summed E-state index contributed by atoms with van der Waals surface area (Å²) in [5.41, 5.74) is 1.16. The van der Waals surface area contributed by atoms with E-state index in [1.54, 1.807) is 4.90 Å². The van der Waals surface area contributed by atoms with Gasteiger partial charge in [-0.1, -0.05) is 41.6 Å². The van der Waals surface area contributed by atoms with Crippen molar-refractivity contribution in [3.8, 4) is 11.5 Å². The van der Waals surface area contributed by atoms with Crippen molar-refractivity contribution < 1.29 is 27.5 Å². The van der Waals surface area contributed by atoms with E-state index >= 15 is 0 Å². The molecule has 0 aliphatic carbocycles. The number of hydrogen-bond donors (Lipinski definition) is 0. The number of hydrogen-bond acceptors (Lipinski definition) is 5. The molecule has 3 heterocycles. The summed E-state index contributed by atoms with van der Waals surface area (Å²) in [6.45, 7) is 2.39. The molecule has 1 saturated heterocycles. The Hall–Kier alpha value is -3.82. The van der Waals surface area contributed by atoms with E-state index in [9.17, 15) is 18.0 Å².